The highest BCUT2D eigenvalue weighted by Gasteiger charge is 2.30. The van der Waals surface area contributed by atoms with Crippen LogP contribution in [0.2, 0.25) is 0 Å². The van der Waals surface area contributed by atoms with Gasteiger partial charge in [-0.05, 0) is 37.7 Å². The van der Waals surface area contributed by atoms with Gasteiger partial charge in [0.05, 0.1) is 18.8 Å². The summed E-state index contributed by atoms with van der Waals surface area (Å²) in [4.78, 5) is 11.0. The number of esters is 1. The number of hydrogen-bond acceptors (Lipinski definition) is 3. The van der Waals surface area contributed by atoms with Crippen LogP contribution in [0.25, 0.3) is 0 Å². The first kappa shape index (κ1) is 9.71. The zero-order chi connectivity index (χ0) is 9.80. The smallest absolute Gasteiger partial charge is 0.313 e. The predicted molar refractivity (Wildman–Crippen MR) is 51.5 cm³/mol. The largest absolute Gasteiger partial charge is 0.435 e. The van der Waals surface area contributed by atoms with Crippen LogP contribution in [-0.2, 0) is 14.3 Å². The van der Waals surface area contributed by atoms with Crippen molar-refractivity contribution in [2.75, 3.05) is 13.2 Å². The normalized spacial score (nSPS) is 21.4. The van der Waals surface area contributed by atoms with Gasteiger partial charge in [0.15, 0.2) is 0 Å². The number of hydrogen-bond donors (Lipinski definition) is 0. The van der Waals surface area contributed by atoms with E-state index >= 15 is 0 Å². The molecule has 2 fully saturated rings. The summed E-state index contributed by atoms with van der Waals surface area (Å²) in [7, 11) is 0. The van der Waals surface area contributed by atoms with Gasteiger partial charge in [0.25, 0.3) is 0 Å². The molecule has 0 aliphatic heterocycles. The predicted octanol–water partition coefficient (Wildman–Crippen LogP) is 1.88. The molecule has 3 heteroatoms. The molecule has 0 aromatic carbocycles. The number of carbonyl (C=O) groups is 1. The van der Waals surface area contributed by atoms with E-state index in [1.54, 1.807) is 6.08 Å². The maximum absolute atomic E-state index is 11.0. The first-order valence-electron chi connectivity index (χ1n) is 5.29. The van der Waals surface area contributed by atoms with Crippen LogP contribution in [0.5, 0.6) is 0 Å². The lowest BCUT2D eigenvalue weighted by Crippen LogP contribution is -2.01. The molecule has 0 saturated heterocycles. The average molecular weight is 196 g/mol. The molecule has 0 bridgehead atoms. The fourth-order valence-corrected chi connectivity index (χ4v) is 1.16. The Labute approximate surface area is 84.1 Å². The van der Waals surface area contributed by atoms with E-state index in [0.717, 1.165) is 25.4 Å². The maximum atomic E-state index is 11.0. The van der Waals surface area contributed by atoms with Gasteiger partial charge in [-0.2, -0.15) is 0 Å². The second kappa shape index (κ2) is 4.60. The fraction of sp³-hybridized carbons (Fsp3) is 0.727. The number of carbonyl (C=O) groups excluding carboxylic acids is 1. The SMILES string of the molecule is O=C(OC=CCOCC1CC1)C1CC1. The van der Waals surface area contributed by atoms with E-state index in [4.69, 9.17) is 9.47 Å². The van der Waals surface area contributed by atoms with Crippen molar-refractivity contribution in [2.24, 2.45) is 11.8 Å². The van der Waals surface area contributed by atoms with Gasteiger partial charge in [-0.3, -0.25) is 4.79 Å². The van der Waals surface area contributed by atoms with Crippen LogP contribution < -0.4 is 0 Å². The minimum Gasteiger partial charge on any atom is -0.435 e. The molecule has 0 heterocycles. The monoisotopic (exact) mass is 196 g/mol. The molecule has 0 aromatic heterocycles. The Balaban J connectivity index is 1.46. The highest BCUT2D eigenvalue weighted by atomic mass is 16.5. The van der Waals surface area contributed by atoms with Crippen molar-refractivity contribution in [3.8, 4) is 0 Å². The second-order valence-electron chi connectivity index (χ2n) is 4.06. The lowest BCUT2D eigenvalue weighted by Gasteiger charge is -1.98. The minimum absolute atomic E-state index is 0.0940. The number of ether oxygens (including phenoxy) is 2. The third kappa shape index (κ3) is 3.50. The van der Waals surface area contributed by atoms with Crippen LogP contribution in [0.4, 0.5) is 0 Å². The first-order chi connectivity index (χ1) is 6.86. The summed E-state index contributed by atoms with van der Waals surface area (Å²) in [5.41, 5.74) is 0. The Kier molecular flexibility index (Phi) is 3.19. The minimum atomic E-state index is -0.0940. The molecule has 0 amide bonds. The molecule has 0 N–H and O–H groups in total. The van der Waals surface area contributed by atoms with Gasteiger partial charge in [-0.25, -0.2) is 0 Å². The van der Waals surface area contributed by atoms with Gasteiger partial charge < -0.3 is 9.47 Å². The van der Waals surface area contributed by atoms with Crippen molar-refractivity contribution in [1.82, 2.24) is 0 Å². The zero-order valence-corrected chi connectivity index (χ0v) is 8.28. The molecule has 2 aliphatic rings. The summed E-state index contributed by atoms with van der Waals surface area (Å²) in [6.45, 7) is 1.40. The van der Waals surface area contributed by atoms with Crippen molar-refractivity contribution < 1.29 is 14.3 Å². The van der Waals surface area contributed by atoms with Crippen LogP contribution in [0.1, 0.15) is 25.7 Å². The standard InChI is InChI=1S/C11H16O3/c12-11(10-4-5-10)14-7-1-6-13-8-9-2-3-9/h1,7,9-10H,2-6,8H2. The summed E-state index contributed by atoms with van der Waals surface area (Å²) >= 11 is 0. The molecule has 14 heavy (non-hydrogen) atoms. The van der Waals surface area contributed by atoms with Crippen molar-refractivity contribution >= 4 is 5.97 Å². The van der Waals surface area contributed by atoms with E-state index in [0.29, 0.717) is 6.61 Å². The van der Waals surface area contributed by atoms with Crippen LogP contribution in [0.3, 0.4) is 0 Å². The quantitative estimate of drug-likeness (QED) is 0.369. The highest BCUT2D eigenvalue weighted by molar-refractivity contribution is 5.75. The summed E-state index contributed by atoms with van der Waals surface area (Å²) in [6, 6.07) is 0. The van der Waals surface area contributed by atoms with Crippen molar-refractivity contribution in [1.29, 1.82) is 0 Å². The van der Waals surface area contributed by atoms with Crippen LogP contribution in [-0.4, -0.2) is 19.2 Å². The van der Waals surface area contributed by atoms with Gasteiger partial charge in [-0.1, -0.05) is 0 Å². The molecular formula is C11H16O3. The van der Waals surface area contributed by atoms with Gasteiger partial charge in [0, 0.05) is 6.61 Å². The van der Waals surface area contributed by atoms with Gasteiger partial charge >= 0.3 is 5.97 Å². The summed E-state index contributed by atoms with van der Waals surface area (Å²) in [6.07, 6.45) is 7.80. The Morgan fingerprint density at radius 2 is 2.07 bits per heavy atom. The lowest BCUT2D eigenvalue weighted by molar-refractivity contribution is -0.139. The van der Waals surface area contributed by atoms with E-state index in [1.165, 1.54) is 19.1 Å². The average Bonchev–Trinajstić information content (AvgIpc) is 3.04. The van der Waals surface area contributed by atoms with E-state index < -0.39 is 0 Å². The molecule has 2 rings (SSSR count). The van der Waals surface area contributed by atoms with Crippen LogP contribution in [0.15, 0.2) is 12.3 Å². The van der Waals surface area contributed by atoms with Crippen LogP contribution in [0, 0.1) is 11.8 Å². The topological polar surface area (TPSA) is 35.5 Å². The van der Waals surface area contributed by atoms with Crippen molar-refractivity contribution in [2.45, 2.75) is 25.7 Å². The van der Waals surface area contributed by atoms with Crippen molar-refractivity contribution in [3.63, 3.8) is 0 Å². The van der Waals surface area contributed by atoms with E-state index in [2.05, 4.69) is 0 Å². The molecule has 2 aliphatic carbocycles. The summed E-state index contributed by atoms with van der Waals surface area (Å²) in [5, 5.41) is 0. The zero-order valence-electron chi connectivity index (χ0n) is 8.28. The van der Waals surface area contributed by atoms with E-state index in [9.17, 15) is 4.79 Å². The fourth-order valence-electron chi connectivity index (χ4n) is 1.16. The Morgan fingerprint density at radius 1 is 1.29 bits per heavy atom. The first-order valence-corrected chi connectivity index (χ1v) is 5.29. The molecule has 3 nitrogen and oxygen atoms in total. The summed E-state index contributed by atoms with van der Waals surface area (Å²) < 4.78 is 10.2. The highest BCUT2D eigenvalue weighted by Crippen LogP contribution is 2.30. The maximum Gasteiger partial charge on any atom is 0.313 e. The molecule has 0 atom stereocenters. The molecule has 0 radical (unpaired) electrons. The lowest BCUT2D eigenvalue weighted by atomic mass is 10.4. The third-order valence-corrected chi connectivity index (χ3v) is 2.46. The second-order valence-corrected chi connectivity index (χ2v) is 4.06. The van der Waals surface area contributed by atoms with Gasteiger partial charge in [-0.15, -0.1) is 0 Å². The third-order valence-electron chi connectivity index (χ3n) is 2.46. The molecule has 2 saturated carbocycles. The molecule has 0 spiro atoms. The van der Waals surface area contributed by atoms with E-state index in [-0.39, 0.29) is 11.9 Å². The Bertz CT molecular complexity index is 227. The van der Waals surface area contributed by atoms with Gasteiger partial charge in [0.2, 0.25) is 0 Å². The molecule has 0 unspecified atom stereocenters. The van der Waals surface area contributed by atoms with Gasteiger partial charge in [0.1, 0.15) is 0 Å². The molecule has 0 aromatic rings. The molecule has 78 valence electrons. The number of rotatable bonds is 6. The molecular weight excluding hydrogens is 180 g/mol. The summed E-state index contributed by atoms with van der Waals surface area (Å²) in [5.74, 6) is 0.868. The van der Waals surface area contributed by atoms with E-state index in [1.807, 2.05) is 0 Å². The Hall–Kier alpha value is -0.830. The Morgan fingerprint density at radius 3 is 2.71 bits per heavy atom. The van der Waals surface area contributed by atoms with Crippen LogP contribution >= 0.6 is 0 Å². The van der Waals surface area contributed by atoms with Crippen molar-refractivity contribution in [3.05, 3.63) is 12.3 Å².